The van der Waals surface area contributed by atoms with Crippen molar-refractivity contribution in [3.8, 4) is 28.3 Å². The summed E-state index contributed by atoms with van der Waals surface area (Å²) in [7, 11) is 0. The van der Waals surface area contributed by atoms with Crippen molar-refractivity contribution in [2.45, 2.75) is 12.5 Å². The van der Waals surface area contributed by atoms with Gasteiger partial charge in [0.15, 0.2) is 0 Å². The SMILES string of the molecule is O=C1NCCc2[nH]c(-c3ccnc(-c4ccc(OCC(O)CN5CCOCC5)cc4)c3)cc21. The number of ether oxygens (including phenoxy) is 2. The number of hydrogen-bond acceptors (Lipinski definition) is 6. The molecule has 0 saturated carbocycles. The summed E-state index contributed by atoms with van der Waals surface area (Å²) < 4.78 is 11.1. The third-order valence-electron chi connectivity index (χ3n) is 6.04. The van der Waals surface area contributed by atoms with Crippen LogP contribution in [0.4, 0.5) is 0 Å². The maximum absolute atomic E-state index is 12.1. The largest absolute Gasteiger partial charge is 0.491 e. The first-order valence-corrected chi connectivity index (χ1v) is 11.3. The molecule has 2 aromatic heterocycles. The fraction of sp³-hybridized carbons (Fsp3) is 0.360. The van der Waals surface area contributed by atoms with E-state index in [9.17, 15) is 9.90 Å². The highest BCUT2D eigenvalue weighted by atomic mass is 16.5. The van der Waals surface area contributed by atoms with Crippen LogP contribution in [0.5, 0.6) is 5.75 Å². The van der Waals surface area contributed by atoms with Crippen LogP contribution in [0.15, 0.2) is 48.7 Å². The third kappa shape index (κ3) is 5.08. The van der Waals surface area contributed by atoms with Crippen LogP contribution in [0.3, 0.4) is 0 Å². The zero-order valence-corrected chi connectivity index (χ0v) is 18.4. The molecular weight excluding hydrogens is 420 g/mol. The second kappa shape index (κ2) is 9.74. The fourth-order valence-corrected chi connectivity index (χ4v) is 4.25. The van der Waals surface area contributed by atoms with Crippen LogP contribution in [-0.2, 0) is 11.2 Å². The number of rotatable bonds is 7. The normalized spacial score (nSPS) is 17.3. The zero-order valence-electron chi connectivity index (χ0n) is 18.4. The molecule has 2 aliphatic heterocycles. The molecule has 1 unspecified atom stereocenters. The van der Waals surface area contributed by atoms with Crippen molar-refractivity contribution in [1.29, 1.82) is 0 Å². The number of β-amino-alcohol motifs (C(OH)–C–C–N with tert-alkyl or cyclic N) is 1. The zero-order chi connectivity index (χ0) is 22.6. The Morgan fingerprint density at radius 2 is 1.94 bits per heavy atom. The Morgan fingerprint density at radius 1 is 1.12 bits per heavy atom. The first kappa shape index (κ1) is 21.6. The summed E-state index contributed by atoms with van der Waals surface area (Å²) in [5, 5.41) is 13.1. The van der Waals surface area contributed by atoms with E-state index in [0.717, 1.165) is 47.7 Å². The molecule has 8 heteroatoms. The lowest BCUT2D eigenvalue weighted by molar-refractivity contribution is 0.00465. The number of carbonyl (C=O) groups is 1. The van der Waals surface area contributed by atoms with Gasteiger partial charge in [0.1, 0.15) is 18.5 Å². The van der Waals surface area contributed by atoms with Gasteiger partial charge < -0.3 is 24.9 Å². The average molecular weight is 449 g/mol. The van der Waals surface area contributed by atoms with Gasteiger partial charge in [0.25, 0.3) is 5.91 Å². The molecule has 8 nitrogen and oxygen atoms in total. The van der Waals surface area contributed by atoms with E-state index in [1.807, 2.05) is 42.5 Å². The molecule has 1 atom stereocenters. The minimum Gasteiger partial charge on any atom is -0.491 e. The number of pyridine rings is 1. The fourth-order valence-electron chi connectivity index (χ4n) is 4.25. The molecule has 0 aliphatic carbocycles. The van der Waals surface area contributed by atoms with Crippen LogP contribution < -0.4 is 10.1 Å². The van der Waals surface area contributed by atoms with Crippen molar-refractivity contribution in [2.75, 3.05) is 46.0 Å². The predicted octanol–water partition coefficient (Wildman–Crippen LogP) is 2.10. The van der Waals surface area contributed by atoms with Crippen molar-refractivity contribution in [1.82, 2.24) is 20.2 Å². The molecule has 1 saturated heterocycles. The lowest BCUT2D eigenvalue weighted by atomic mass is 10.1. The number of carbonyl (C=O) groups excluding carboxylic acids is 1. The van der Waals surface area contributed by atoms with E-state index in [0.29, 0.717) is 37.6 Å². The number of aliphatic hydroxyl groups is 1. The molecular formula is C25H28N4O4. The van der Waals surface area contributed by atoms with Gasteiger partial charge in [-0.3, -0.25) is 14.7 Å². The number of hydrogen-bond donors (Lipinski definition) is 3. The van der Waals surface area contributed by atoms with Crippen LogP contribution in [-0.4, -0.2) is 78.0 Å². The van der Waals surface area contributed by atoms with Crippen LogP contribution in [0.25, 0.3) is 22.5 Å². The standard InChI is InChI=1S/C25H28N4O4/c30-19(15-29-9-11-32-12-10-29)16-33-20-3-1-17(2-4-20)23-13-18(5-7-26-23)24-14-21-22(28-24)6-8-27-25(21)31/h1-5,7,13-14,19,28,30H,6,8-12,15-16H2,(H,27,31). The summed E-state index contributed by atoms with van der Waals surface area (Å²) in [5.74, 6) is 0.678. The van der Waals surface area contributed by atoms with E-state index in [-0.39, 0.29) is 12.5 Å². The highest BCUT2D eigenvalue weighted by Crippen LogP contribution is 2.28. The summed E-state index contributed by atoms with van der Waals surface area (Å²) in [5.41, 5.74) is 5.38. The van der Waals surface area contributed by atoms with E-state index < -0.39 is 6.10 Å². The number of nitrogens with one attached hydrogen (secondary N) is 2. The van der Waals surface area contributed by atoms with Crippen LogP contribution in [0, 0.1) is 0 Å². The van der Waals surface area contributed by atoms with Crippen LogP contribution >= 0.6 is 0 Å². The third-order valence-corrected chi connectivity index (χ3v) is 6.04. The monoisotopic (exact) mass is 448 g/mol. The number of amides is 1. The van der Waals surface area contributed by atoms with E-state index >= 15 is 0 Å². The number of aliphatic hydroxyl groups excluding tert-OH is 1. The first-order valence-electron chi connectivity index (χ1n) is 11.3. The summed E-state index contributed by atoms with van der Waals surface area (Å²) in [4.78, 5) is 22.1. The molecule has 2 aliphatic rings. The van der Waals surface area contributed by atoms with Gasteiger partial charge in [-0.2, -0.15) is 0 Å². The second-order valence-electron chi connectivity index (χ2n) is 8.41. The predicted molar refractivity (Wildman–Crippen MR) is 124 cm³/mol. The van der Waals surface area contributed by atoms with Gasteiger partial charge in [-0.05, 0) is 42.5 Å². The van der Waals surface area contributed by atoms with Crippen molar-refractivity contribution in [2.24, 2.45) is 0 Å². The van der Waals surface area contributed by atoms with Gasteiger partial charge in [-0.25, -0.2) is 0 Å². The summed E-state index contributed by atoms with van der Waals surface area (Å²) >= 11 is 0. The Hall–Kier alpha value is -3.20. The molecule has 1 fully saturated rings. The Bertz CT molecular complexity index is 1110. The number of morpholine rings is 1. The lowest BCUT2D eigenvalue weighted by Gasteiger charge is -2.28. The summed E-state index contributed by atoms with van der Waals surface area (Å²) in [6.07, 6.45) is 2.04. The van der Waals surface area contributed by atoms with Gasteiger partial charge >= 0.3 is 0 Å². The Kier molecular flexibility index (Phi) is 6.39. The van der Waals surface area contributed by atoms with Gasteiger partial charge in [0.2, 0.25) is 0 Å². The maximum atomic E-state index is 12.1. The van der Waals surface area contributed by atoms with Gasteiger partial charge in [0, 0.05) is 61.3 Å². The van der Waals surface area contributed by atoms with Gasteiger partial charge in [-0.15, -0.1) is 0 Å². The van der Waals surface area contributed by atoms with Crippen LogP contribution in [0.2, 0.25) is 0 Å². The average Bonchev–Trinajstić information content (AvgIpc) is 3.30. The molecule has 3 aromatic rings. The quantitative estimate of drug-likeness (QED) is 0.512. The Morgan fingerprint density at radius 3 is 2.73 bits per heavy atom. The van der Waals surface area contributed by atoms with Crippen LogP contribution in [0.1, 0.15) is 16.1 Å². The molecule has 1 amide bonds. The lowest BCUT2D eigenvalue weighted by Crippen LogP contribution is -2.42. The number of H-pyrrole nitrogens is 1. The molecule has 0 bridgehead atoms. The first-order chi connectivity index (χ1) is 16.2. The molecule has 5 rings (SSSR count). The highest BCUT2D eigenvalue weighted by molar-refractivity contribution is 5.97. The molecule has 4 heterocycles. The molecule has 0 spiro atoms. The van der Waals surface area contributed by atoms with E-state index in [1.165, 1.54) is 0 Å². The number of fused-ring (bicyclic) bond motifs is 1. The topological polar surface area (TPSA) is 99.7 Å². The van der Waals surface area contributed by atoms with Gasteiger partial charge in [-0.1, -0.05) is 0 Å². The number of benzene rings is 1. The minimum absolute atomic E-state index is 0.0290. The van der Waals surface area contributed by atoms with E-state index in [1.54, 1.807) is 6.20 Å². The smallest absolute Gasteiger partial charge is 0.253 e. The van der Waals surface area contributed by atoms with E-state index in [4.69, 9.17) is 9.47 Å². The molecule has 3 N–H and O–H groups in total. The highest BCUT2D eigenvalue weighted by Gasteiger charge is 2.20. The molecule has 0 radical (unpaired) electrons. The van der Waals surface area contributed by atoms with Crippen molar-refractivity contribution >= 4 is 5.91 Å². The van der Waals surface area contributed by atoms with Crippen molar-refractivity contribution < 1.29 is 19.4 Å². The van der Waals surface area contributed by atoms with Gasteiger partial charge in [0.05, 0.1) is 24.5 Å². The molecule has 1 aromatic carbocycles. The molecule has 33 heavy (non-hydrogen) atoms. The van der Waals surface area contributed by atoms with E-state index in [2.05, 4.69) is 20.2 Å². The second-order valence-corrected chi connectivity index (χ2v) is 8.41. The van der Waals surface area contributed by atoms with Crippen molar-refractivity contribution in [3.05, 3.63) is 59.9 Å². The minimum atomic E-state index is -0.546. The molecule has 172 valence electrons. The summed E-state index contributed by atoms with van der Waals surface area (Å²) in [6, 6.07) is 13.6. The Balaban J connectivity index is 1.23. The number of aromatic amines is 1. The van der Waals surface area contributed by atoms with Crippen molar-refractivity contribution in [3.63, 3.8) is 0 Å². The number of nitrogens with zero attached hydrogens (tertiary/aromatic N) is 2. The Labute approximate surface area is 192 Å². The number of aromatic nitrogens is 2. The maximum Gasteiger partial charge on any atom is 0.253 e. The summed E-state index contributed by atoms with van der Waals surface area (Å²) in [6.45, 7) is 4.60.